The minimum absolute atomic E-state index is 0.0457. The van der Waals surface area contributed by atoms with Crippen LogP contribution in [0.1, 0.15) is 153 Å². The molecule has 360 valence electrons. The molecule has 8 aromatic carbocycles. The van der Waals surface area contributed by atoms with Gasteiger partial charge in [-0.05, 0) is 187 Å². The second-order valence-electron chi connectivity index (χ2n) is 23.2. The van der Waals surface area contributed by atoms with Crippen LogP contribution in [0.2, 0.25) is 0 Å². The summed E-state index contributed by atoms with van der Waals surface area (Å²) in [7, 11) is 0. The van der Waals surface area contributed by atoms with Gasteiger partial charge in [-0.15, -0.1) is 0 Å². The van der Waals surface area contributed by atoms with Gasteiger partial charge in [0.1, 0.15) is 0 Å². The van der Waals surface area contributed by atoms with E-state index in [4.69, 9.17) is 0 Å². The summed E-state index contributed by atoms with van der Waals surface area (Å²) in [4.78, 5) is 4.96. The summed E-state index contributed by atoms with van der Waals surface area (Å²) in [5.41, 5.74) is 22.6. The maximum atomic E-state index is 2.53. The van der Waals surface area contributed by atoms with Crippen LogP contribution < -0.4 is 9.80 Å². The predicted molar refractivity (Wildman–Crippen MR) is 305 cm³/mol. The van der Waals surface area contributed by atoms with Crippen LogP contribution in [0, 0.1) is 0 Å². The molecule has 0 unspecified atom stereocenters. The molecule has 0 saturated carbocycles. The Morgan fingerprint density at radius 2 is 0.563 bits per heavy atom. The molecule has 0 N–H and O–H groups in total. The van der Waals surface area contributed by atoms with Gasteiger partial charge < -0.3 is 9.80 Å². The molecule has 1 spiro atoms. The second-order valence-corrected chi connectivity index (χ2v) is 23.2. The van der Waals surface area contributed by atoms with Gasteiger partial charge in [-0.3, -0.25) is 0 Å². The van der Waals surface area contributed by atoms with Crippen LogP contribution in [0.15, 0.2) is 182 Å². The van der Waals surface area contributed by atoms with E-state index in [-0.39, 0.29) is 21.7 Å². The number of rotatable bonds is 12. The Kier molecular flexibility index (Phi) is 12.1. The van der Waals surface area contributed by atoms with Gasteiger partial charge in [-0.2, -0.15) is 0 Å². The average molecular weight is 931 g/mol. The predicted octanol–water partition coefficient (Wildman–Crippen LogP) is 19.7. The van der Waals surface area contributed by atoms with Gasteiger partial charge in [0.05, 0.1) is 5.41 Å². The molecule has 2 aliphatic carbocycles. The first-order valence-corrected chi connectivity index (χ1v) is 26.5. The molecule has 71 heavy (non-hydrogen) atoms. The lowest BCUT2D eigenvalue weighted by atomic mass is 9.70. The van der Waals surface area contributed by atoms with Crippen LogP contribution in [0.3, 0.4) is 0 Å². The maximum absolute atomic E-state index is 2.53. The zero-order valence-electron chi connectivity index (χ0n) is 44.5. The highest BCUT2D eigenvalue weighted by atomic mass is 15.1. The monoisotopic (exact) mass is 931 g/mol. The summed E-state index contributed by atoms with van der Waals surface area (Å²) in [6.07, 6.45) is 4.40. The minimum Gasteiger partial charge on any atom is -0.310 e. The van der Waals surface area contributed by atoms with Gasteiger partial charge in [0, 0.05) is 34.1 Å². The normalized spacial score (nSPS) is 13.7. The number of hydrogen-bond acceptors (Lipinski definition) is 2. The summed E-state index contributed by atoms with van der Waals surface area (Å²) in [6.45, 7) is 27.8. The molecule has 0 atom stereocenters. The van der Waals surface area contributed by atoms with Gasteiger partial charge in [0.25, 0.3) is 0 Å². The van der Waals surface area contributed by atoms with Crippen LogP contribution in [0.4, 0.5) is 34.1 Å². The summed E-state index contributed by atoms with van der Waals surface area (Å²) < 4.78 is 0. The highest BCUT2D eigenvalue weighted by molar-refractivity contribution is 5.97. The molecule has 2 heteroatoms. The third-order valence-corrected chi connectivity index (χ3v) is 17.3. The van der Waals surface area contributed by atoms with Gasteiger partial charge in [0.15, 0.2) is 0 Å². The summed E-state index contributed by atoms with van der Waals surface area (Å²) in [5, 5.41) is 0. The van der Waals surface area contributed by atoms with Crippen molar-refractivity contribution in [2.45, 2.75) is 136 Å². The van der Waals surface area contributed by atoms with Crippen molar-refractivity contribution in [2.75, 3.05) is 9.80 Å². The van der Waals surface area contributed by atoms with Crippen molar-refractivity contribution in [3.63, 3.8) is 0 Å². The number of hydrogen-bond donors (Lipinski definition) is 0. The minimum atomic E-state index is -0.560. The van der Waals surface area contributed by atoms with E-state index in [0.717, 1.165) is 59.8 Å². The molecule has 0 fully saturated rings. The Labute approximate surface area is 426 Å². The molecule has 2 aliphatic rings. The summed E-state index contributed by atoms with van der Waals surface area (Å²) >= 11 is 0. The van der Waals surface area contributed by atoms with Crippen molar-refractivity contribution >= 4 is 34.1 Å². The van der Waals surface area contributed by atoms with E-state index in [9.17, 15) is 0 Å². The van der Waals surface area contributed by atoms with Crippen LogP contribution in [-0.4, -0.2) is 0 Å². The summed E-state index contributed by atoms with van der Waals surface area (Å²) in [5.74, 6) is 0. The number of anilines is 6. The molecule has 0 saturated heterocycles. The molecule has 0 amide bonds. The van der Waals surface area contributed by atoms with Gasteiger partial charge in [0.2, 0.25) is 0 Å². The zero-order chi connectivity index (χ0) is 50.1. The molecule has 2 nitrogen and oxygen atoms in total. The van der Waals surface area contributed by atoms with Crippen molar-refractivity contribution in [3.8, 4) is 22.3 Å². The molecular weight excluding hydrogens is 857 g/mol. The van der Waals surface area contributed by atoms with Gasteiger partial charge in [-0.25, -0.2) is 0 Å². The second kappa shape index (κ2) is 17.9. The van der Waals surface area contributed by atoms with Crippen LogP contribution in [0.5, 0.6) is 0 Å². The zero-order valence-corrected chi connectivity index (χ0v) is 44.5. The highest BCUT2D eigenvalue weighted by Gasteiger charge is 2.52. The van der Waals surface area contributed by atoms with Gasteiger partial charge in [-0.1, -0.05) is 192 Å². The quantitative estimate of drug-likeness (QED) is 0.120. The van der Waals surface area contributed by atoms with Crippen LogP contribution in [-0.2, 0) is 27.1 Å². The number of nitrogens with zero attached hydrogens (tertiary/aromatic N) is 2. The SMILES string of the molecule is CCC(C)(CC)c1ccc(N(c2ccc(C(C)(C)C)cc2)c2ccc3c(c2)C2(c4ccccc4-c4ccccc42)c2cc(N(c4ccc(C(C)(C)C)cc4)c4ccc(C(C)(CC)CC)cc4)ccc2-3)cc1. The lowest BCUT2D eigenvalue weighted by molar-refractivity contribution is 0.439. The standard InChI is InChI=1S/C69H74N2/c1-13-67(11,14-2)49-29-37-53(38-30-49)70(51-33-25-47(26-34-51)65(5,6)7)55-41-43-59-60-44-42-56(46-64(60)69(63(59)45-55)61-23-19-17-21-57(61)58-22-18-20-24-62(58)69)71(52-35-27-48(28-36-52)66(8,9)10)54-39-31-50(32-40-54)68(12,15-3)16-4/h17-46H,13-16H2,1-12H3. The lowest BCUT2D eigenvalue weighted by Crippen LogP contribution is -2.26. The lowest BCUT2D eigenvalue weighted by Gasteiger charge is -2.34. The molecule has 10 rings (SSSR count). The fraction of sp³-hybridized carbons (Fsp3) is 0.304. The largest absolute Gasteiger partial charge is 0.310 e. The van der Waals surface area contributed by atoms with Crippen molar-refractivity contribution in [1.82, 2.24) is 0 Å². The van der Waals surface area contributed by atoms with Crippen molar-refractivity contribution in [1.29, 1.82) is 0 Å². The molecule has 0 aliphatic heterocycles. The Morgan fingerprint density at radius 1 is 0.296 bits per heavy atom. The molecule has 8 aromatic rings. The van der Waals surface area contributed by atoms with E-state index in [1.54, 1.807) is 0 Å². The Morgan fingerprint density at radius 3 is 0.859 bits per heavy atom. The first-order valence-electron chi connectivity index (χ1n) is 26.5. The van der Waals surface area contributed by atoms with E-state index in [1.807, 2.05) is 0 Å². The number of benzene rings is 8. The average Bonchev–Trinajstić information content (AvgIpc) is 3.85. The fourth-order valence-electron chi connectivity index (χ4n) is 11.9. The Bertz CT molecular complexity index is 2980. The van der Waals surface area contributed by atoms with Crippen molar-refractivity contribution in [2.24, 2.45) is 0 Å². The molecule has 0 aromatic heterocycles. The van der Waals surface area contributed by atoms with E-state index >= 15 is 0 Å². The van der Waals surface area contributed by atoms with Crippen molar-refractivity contribution < 1.29 is 0 Å². The molecule has 0 bridgehead atoms. The van der Waals surface area contributed by atoms with Gasteiger partial charge >= 0.3 is 0 Å². The smallest absolute Gasteiger partial charge is 0.0727 e. The number of fused-ring (bicyclic) bond motifs is 10. The van der Waals surface area contributed by atoms with E-state index < -0.39 is 5.41 Å². The first kappa shape index (κ1) is 48.0. The third-order valence-electron chi connectivity index (χ3n) is 17.3. The molecule has 0 radical (unpaired) electrons. The Hall–Kier alpha value is -6.64. The van der Waals surface area contributed by atoms with E-state index in [2.05, 4.69) is 275 Å². The highest BCUT2D eigenvalue weighted by Crippen LogP contribution is 2.64. The molecular formula is C69H74N2. The maximum Gasteiger partial charge on any atom is 0.0727 e. The van der Waals surface area contributed by atoms with Crippen molar-refractivity contribution in [3.05, 3.63) is 226 Å². The van der Waals surface area contributed by atoms with E-state index in [0.29, 0.717) is 0 Å². The Balaban J connectivity index is 1.20. The van der Waals surface area contributed by atoms with E-state index in [1.165, 1.54) is 66.8 Å². The first-order chi connectivity index (χ1) is 34.0. The molecule has 0 heterocycles. The van der Waals surface area contributed by atoms with Crippen LogP contribution in [0.25, 0.3) is 22.3 Å². The summed E-state index contributed by atoms with van der Waals surface area (Å²) in [6, 6.07) is 70.4. The fourth-order valence-corrected chi connectivity index (χ4v) is 11.9. The van der Waals surface area contributed by atoms with Crippen LogP contribution >= 0.6 is 0 Å². The third kappa shape index (κ3) is 7.94. The topological polar surface area (TPSA) is 6.48 Å².